The fraction of sp³-hybridized carbons (Fsp3) is 0.207. The number of rotatable bonds is 5. The first-order valence-corrected chi connectivity index (χ1v) is 12.5. The number of piperazine rings is 1. The van der Waals surface area contributed by atoms with Gasteiger partial charge in [0.1, 0.15) is 6.33 Å². The van der Waals surface area contributed by atoms with Gasteiger partial charge in [0.25, 0.3) is 0 Å². The van der Waals surface area contributed by atoms with Crippen LogP contribution in [0.4, 0.5) is 5.82 Å². The summed E-state index contributed by atoms with van der Waals surface area (Å²) in [6.45, 7) is 4.69. The zero-order valence-corrected chi connectivity index (χ0v) is 20.7. The standard InChI is InChI=1S/C29H27N7O/c1-21-7-13-25(14-8-21)36-29-27(32-33-36)28(30-20-31-29)35-17-15-34(16-18-35)26(37)19-22-9-11-24(12-10-22)23-5-3-2-4-6-23/h2-14,20H,15-19H2,1H3. The Balaban J connectivity index is 1.11. The van der Waals surface area contributed by atoms with E-state index in [0.29, 0.717) is 43.8 Å². The van der Waals surface area contributed by atoms with Crippen molar-refractivity contribution in [1.82, 2.24) is 29.9 Å². The normalized spacial score (nSPS) is 13.8. The number of amides is 1. The van der Waals surface area contributed by atoms with Gasteiger partial charge < -0.3 is 9.80 Å². The van der Waals surface area contributed by atoms with Crippen LogP contribution in [0.3, 0.4) is 0 Å². The van der Waals surface area contributed by atoms with Crippen LogP contribution in [0.1, 0.15) is 11.1 Å². The van der Waals surface area contributed by atoms with E-state index in [0.717, 1.165) is 22.6 Å². The molecular formula is C29H27N7O. The first-order valence-electron chi connectivity index (χ1n) is 12.5. The Labute approximate surface area is 215 Å². The molecule has 8 nitrogen and oxygen atoms in total. The number of hydrogen-bond donors (Lipinski definition) is 0. The van der Waals surface area contributed by atoms with Crippen molar-refractivity contribution in [2.45, 2.75) is 13.3 Å². The summed E-state index contributed by atoms with van der Waals surface area (Å²) >= 11 is 0. The molecule has 0 atom stereocenters. The second-order valence-corrected chi connectivity index (χ2v) is 9.31. The molecule has 6 rings (SSSR count). The van der Waals surface area contributed by atoms with Gasteiger partial charge in [0.05, 0.1) is 12.1 Å². The predicted octanol–water partition coefficient (Wildman–Crippen LogP) is 4.08. The molecule has 0 N–H and O–H groups in total. The molecule has 2 aromatic heterocycles. The third-order valence-corrected chi connectivity index (χ3v) is 6.85. The Morgan fingerprint density at radius 2 is 1.51 bits per heavy atom. The van der Waals surface area contributed by atoms with Crippen LogP contribution in [-0.2, 0) is 11.2 Å². The van der Waals surface area contributed by atoms with E-state index in [-0.39, 0.29) is 5.91 Å². The summed E-state index contributed by atoms with van der Waals surface area (Å²) in [5.41, 5.74) is 6.78. The minimum absolute atomic E-state index is 0.144. The maximum Gasteiger partial charge on any atom is 0.227 e. The van der Waals surface area contributed by atoms with Crippen molar-refractivity contribution in [1.29, 1.82) is 0 Å². The van der Waals surface area contributed by atoms with Crippen LogP contribution in [0.5, 0.6) is 0 Å². The van der Waals surface area contributed by atoms with Gasteiger partial charge in [-0.05, 0) is 35.7 Å². The summed E-state index contributed by atoms with van der Waals surface area (Å²) in [5.74, 6) is 0.900. The molecule has 0 unspecified atom stereocenters. The van der Waals surface area contributed by atoms with Crippen molar-refractivity contribution in [2.24, 2.45) is 0 Å². The predicted molar refractivity (Wildman–Crippen MR) is 144 cm³/mol. The van der Waals surface area contributed by atoms with Crippen molar-refractivity contribution in [3.63, 3.8) is 0 Å². The van der Waals surface area contributed by atoms with Crippen molar-refractivity contribution in [2.75, 3.05) is 31.1 Å². The van der Waals surface area contributed by atoms with Gasteiger partial charge in [0, 0.05) is 26.2 Å². The van der Waals surface area contributed by atoms with Crippen molar-refractivity contribution >= 4 is 22.9 Å². The highest BCUT2D eigenvalue weighted by molar-refractivity contribution is 5.84. The van der Waals surface area contributed by atoms with Crippen LogP contribution in [0.2, 0.25) is 0 Å². The molecule has 0 aliphatic carbocycles. The molecule has 3 aromatic carbocycles. The summed E-state index contributed by atoms with van der Waals surface area (Å²) in [4.78, 5) is 26.1. The molecular weight excluding hydrogens is 462 g/mol. The minimum Gasteiger partial charge on any atom is -0.351 e. The lowest BCUT2D eigenvalue weighted by Gasteiger charge is -2.35. The zero-order valence-electron chi connectivity index (χ0n) is 20.7. The van der Waals surface area contributed by atoms with Crippen LogP contribution in [0, 0.1) is 6.92 Å². The van der Waals surface area contributed by atoms with E-state index in [1.807, 2.05) is 59.5 Å². The second-order valence-electron chi connectivity index (χ2n) is 9.31. The van der Waals surface area contributed by atoms with E-state index in [9.17, 15) is 4.79 Å². The quantitative estimate of drug-likeness (QED) is 0.370. The molecule has 37 heavy (non-hydrogen) atoms. The number of anilines is 1. The van der Waals surface area contributed by atoms with Crippen molar-refractivity contribution < 1.29 is 4.79 Å². The number of benzene rings is 3. The van der Waals surface area contributed by atoms with E-state index in [4.69, 9.17) is 0 Å². The number of aromatic nitrogens is 5. The average molecular weight is 490 g/mol. The fourth-order valence-corrected chi connectivity index (χ4v) is 4.73. The van der Waals surface area contributed by atoms with Gasteiger partial charge in [-0.3, -0.25) is 4.79 Å². The number of carbonyl (C=O) groups excluding carboxylic acids is 1. The first kappa shape index (κ1) is 22.8. The molecule has 3 heterocycles. The van der Waals surface area contributed by atoms with Gasteiger partial charge >= 0.3 is 0 Å². The molecule has 1 aliphatic rings. The van der Waals surface area contributed by atoms with Crippen LogP contribution < -0.4 is 4.90 Å². The van der Waals surface area contributed by atoms with Gasteiger partial charge in [-0.2, -0.15) is 4.68 Å². The molecule has 5 aromatic rings. The number of fused-ring (bicyclic) bond motifs is 1. The highest BCUT2D eigenvalue weighted by Gasteiger charge is 2.25. The van der Waals surface area contributed by atoms with Gasteiger partial charge in [-0.25, -0.2) is 9.97 Å². The molecule has 1 aliphatic heterocycles. The highest BCUT2D eigenvalue weighted by atomic mass is 16.2. The average Bonchev–Trinajstić information content (AvgIpc) is 3.39. The van der Waals surface area contributed by atoms with E-state index in [1.54, 1.807) is 11.0 Å². The number of hydrogen-bond acceptors (Lipinski definition) is 6. The van der Waals surface area contributed by atoms with Crippen LogP contribution in [0.15, 0.2) is 85.2 Å². The Kier molecular flexibility index (Phi) is 6.06. The lowest BCUT2D eigenvalue weighted by Crippen LogP contribution is -2.49. The smallest absolute Gasteiger partial charge is 0.227 e. The fourth-order valence-electron chi connectivity index (χ4n) is 4.73. The van der Waals surface area contributed by atoms with Gasteiger partial charge in [-0.15, -0.1) is 5.10 Å². The molecule has 1 saturated heterocycles. The Bertz CT molecular complexity index is 1520. The lowest BCUT2D eigenvalue weighted by molar-refractivity contribution is -0.130. The third-order valence-electron chi connectivity index (χ3n) is 6.85. The van der Waals surface area contributed by atoms with Crippen LogP contribution in [-0.4, -0.2) is 61.9 Å². The topological polar surface area (TPSA) is 80.0 Å². The molecule has 8 heteroatoms. The Morgan fingerprint density at radius 1 is 0.811 bits per heavy atom. The van der Waals surface area contributed by atoms with Crippen LogP contribution in [0.25, 0.3) is 28.0 Å². The van der Waals surface area contributed by atoms with E-state index in [2.05, 4.69) is 56.4 Å². The highest BCUT2D eigenvalue weighted by Crippen LogP contribution is 2.24. The van der Waals surface area contributed by atoms with Gasteiger partial charge in [0.15, 0.2) is 17.0 Å². The SMILES string of the molecule is Cc1ccc(-n2nnc3c(N4CCN(C(=O)Cc5ccc(-c6ccccc6)cc5)CC4)ncnc32)cc1. The minimum atomic E-state index is 0.144. The van der Waals surface area contributed by atoms with Gasteiger partial charge in [0.2, 0.25) is 5.91 Å². The largest absolute Gasteiger partial charge is 0.351 e. The molecule has 0 spiro atoms. The summed E-state index contributed by atoms with van der Waals surface area (Å²) in [7, 11) is 0. The number of aryl methyl sites for hydroxylation is 1. The van der Waals surface area contributed by atoms with Crippen molar-refractivity contribution in [3.05, 3.63) is 96.3 Å². The summed E-state index contributed by atoms with van der Waals surface area (Å²) in [6, 6.07) is 26.6. The maximum absolute atomic E-state index is 13.0. The molecule has 0 saturated carbocycles. The van der Waals surface area contributed by atoms with E-state index < -0.39 is 0 Å². The third kappa shape index (κ3) is 4.65. The first-order chi connectivity index (χ1) is 18.2. The summed E-state index contributed by atoms with van der Waals surface area (Å²) in [6.07, 6.45) is 1.96. The summed E-state index contributed by atoms with van der Waals surface area (Å²) in [5, 5.41) is 8.74. The molecule has 1 fully saturated rings. The molecule has 0 bridgehead atoms. The van der Waals surface area contributed by atoms with Crippen molar-refractivity contribution in [3.8, 4) is 16.8 Å². The molecule has 184 valence electrons. The monoisotopic (exact) mass is 489 g/mol. The summed E-state index contributed by atoms with van der Waals surface area (Å²) < 4.78 is 1.74. The lowest BCUT2D eigenvalue weighted by atomic mass is 10.0. The molecule has 0 radical (unpaired) electrons. The zero-order chi connectivity index (χ0) is 25.2. The van der Waals surface area contributed by atoms with E-state index in [1.165, 1.54) is 11.1 Å². The van der Waals surface area contributed by atoms with Gasteiger partial charge in [-0.1, -0.05) is 77.5 Å². The number of nitrogens with zero attached hydrogens (tertiary/aromatic N) is 7. The van der Waals surface area contributed by atoms with Crippen LogP contribution >= 0.6 is 0 Å². The Morgan fingerprint density at radius 3 is 2.24 bits per heavy atom. The maximum atomic E-state index is 13.0. The van der Waals surface area contributed by atoms with E-state index >= 15 is 0 Å². The second kappa shape index (κ2) is 9.81. The number of carbonyl (C=O) groups is 1. The molecule has 1 amide bonds. The Hall–Kier alpha value is -4.59.